The molecule has 1 atom stereocenters. The van der Waals surface area contributed by atoms with E-state index in [1.807, 2.05) is 24.3 Å². The summed E-state index contributed by atoms with van der Waals surface area (Å²) in [6.45, 7) is 2.71. The van der Waals surface area contributed by atoms with Gasteiger partial charge in [0.15, 0.2) is 0 Å². The molecular formula is C22H26N4O4. The van der Waals surface area contributed by atoms with E-state index in [1.165, 1.54) is 5.56 Å². The fourth-order valence-electron chi connectivity index (χ4n) is 3.64. The van der Waals surface area contributed by atoms with Crippen LogP contribution in [0.1, 0.15) is 30.3 Å². The maximum Gasteiger partial charge on any atom is 0.244 e. The van der Waals surface area contributed by atoms with E-state index in [-0.39, 0.29) is 6.04 Å². The second kappa shape index (κ2) is 9.69. The number of ether oxygens (including phenoxy) is 3. The number of aromatic nitrogens is 3. The maximum atomic E-state index is 5.71. The van der Waals surface area contributed by atoms with Crippen LogP contribution in [0.5, 0.6) is 11.6 Å². The van der Waals surface area contributed by atoms with Gasteiger partial charge in [0.2, 0.25) is 17.6 Å². The second-order valence-electron chi connectivity index (χ2n) is 7.13. The Labute approximate surface area is 175 Å². The number of hydrogen-bond donors (Lipinski definition) is 0. The second-order valence-corrected chi connectivity index (χ2v) is 7.13. The van der Waals surface area contributed by atoms with Gasteiger partial charge in [0.1, 0.15) is 12.4 Å². The Morgan fingerprint density at radius 1 is 1.13 bits per heavy atom. The van der Waals surface area contributed by atoms with Crippen molar-refractivity contribution >= 4 is 0 Å². The summed E-state index contributed by atoms with van der Waals surface area (Å²) in [6.07, 6.45) is 3.76. The molecule has 0 bridgehead atoms. The summed E-state index contributed by atoms with van der Waals surface area (Å²) in [7, 11) is 3.31. The number of likely N-dealkylation sites (tertiary alicyclic amines) is 1. The van der Waals surface area contributed by atoms with Crippen LogP contribution in [0.2, 0.25) is 0 Å². The summed E-state index contributed by atoms with van der Waals surface area (Å²) >= 11 is 0. The molecule has 0 unspecified atom stereocenters. The molecule has 1 aromatic carbocycles. The van der Waals surface area contributed by atoms with E-state index in [4.69, 9.17) is 18.7 Å². The zero-order valence-electron chi connectivity index (χ0n) is 17.3. The van der Waals surface area contributed by atoms with Crippen LogP contribution in [-0.4, -0.2) is 54.0 Å². The highest BCUT2D eigenvalue weighted by Gasteiger charge is 2.31. The molecule has 8 nitrogen and oxygen atoms in total. The molecule has 158 valence electrons. The quantitative estimate of drug-likeness (QED) is 0.496. The van der Waals surface area contributed by atoms with E-state index in [9.17, 15) is 0 Å². The minimum Gasteiger partial charge on any atom is -0.497 e. The van der Waals surface area contributed by atoms with E-state index >= 15 is 0 Å². The number of rotatable bonds is 9. The molecule has 2 aromatic heterocycles. The topological polar surface area (TPSA) is 82.7 Å². The predicted molar refractivity (Wildman–Crippen MR) is 110 cm³/mol. The Bertz CT molecular complexity index is 944. The average Bonchev–Trinajstić information content (AvgIpc) is 3.44. The van der Waals surface area contributed by atoms with Gasteiger partial charge in [0, 0.05) is 19.9 Å². The first kappa shape index (κ1) is 20.3. The van der Waals surface area contributed by atoms with E-state index in [0.29, 0.717) is 36.4 Å². The Morgan fingerprint density at radius 3 is 2.80 bits per heavy atom. The molecule has 3 heterocycles. The first-order valence-electron chi connectivity index (χ1n) is 10.1. The largest absolute Gasteiger partial charge is 0.497 e. The standard InChI is InChI=1S/C22H26N4O4/c1-27-13-14-29-21-18(5-3-11-23-21)20-24-22(30-25-20)19-6-4-12-26(19)15-16-7-9-17(28-2)10-8-16/h3,5,7-11,19H,4,6,12-15H2,1-2H3/t19-/m1/s1. The van der Waals surface area contributed by atoms with Crippen molar-refractivity contribution in [3.8, 4) is 23.0 Å². The third kappa shape index (κ3) is 4.60. The summed E-state index contributed by atoms with van der Waals surface area (Å²) in [4.78, 5) is 11.4. The van der Waals surface area contributed by atoms with Gasteiger partial charge in [-0.1, -0.05) is 17.3 Å². The molecule has 30 heavy (non-hydrogen) atoms. The lowest BCUT2D eigenvalue weighted by Gasteiger charge is -2.21. The predicted octanol–water partition coefficient (Wildman–Crippen LogP) is 3.50. The molecule has 1 fully saturated rings. The van der Waals surface area contributed by atoms with Crippen LogP contribution in [0.4, 0.5) is 0 Å². The molecular weight excluding hydrogens is 384 g/mol. The van der Waals surface area contributed by atoms with Crippen LogP contribution >= 0.6 is 0 Å². The molecule has 1 aliphatic rings. The minimum absolute atomic E-state index is 0.0999. The molecule has 0 aliphatic carbocycles. The van der Waals surface area contributed by atoms with Gasteiger partial charge in [-0.15, -0.1) is 0 Å². The van der Waals surface area contributed by atoms with Gasteiger partial charge < -0.3 is 18.7 Å². The summed E-state index contributed by atoms with van der Waals surface area (Å²) in [6, 6.07) is 12.0. The lowest BCUT2D eigenvalue weighted by molar-refractivity contribution is 0.144. The number of pyridine rings is 1. The first-order chi connectivity index (χ1) is 14.8. The lowest BCUT2D eigenvalue weighted by Crippen LogP contribution is -2.23. The van der Waals surface area contributed by atoms with Crippen LogP contribution < -0.4 is 9.47 Å². The van der Waals surface area contributed by atoms with Gasteiger partial charge in [-0.05, 0) is 49.2 Å². The third-order valence-corrected chi connectivity index (χ3v) is 5.17. The van der Waals surface area contributed by atoms with Gasteiger partial charge in [0.25, 0.3) is 0 Å². The van der Waals surface area contributed by atoms with Crippen molar-refractivity contribution in [2.45, 2.75) is 25.4 Å². The Kier molecular flexibility index (Phi) is 6.56. The molecule has 4 rings (SSSR count). The van der Waals surface area contributed by atoms with Gasteiger partial charge in [-0.25, -0.2) is 4.98 Å². The zero-order chi connectivity index (χ0) is 20.8. The van der Waals surface area contributed by atoms with E-state index < -0.39 is 0 Å². The van der Waals surface area contributed by atoms with Crippen LogP contribution in [0.25, 0.3) is 11.4 Å². The molecule has 1 saturated heterocycles. The van der Waals surface area contributed by atoms with Crippen molar-refractivity contribution in [3.63, 3.8) is 0 Å². The molecule has 8 heteroatoms. The van der Waals surface area contributed by atoms with Gasteiger partial charge >= 0.3 is 0 Å². The minimum atomic E-state index is 0.0999. The lowest BCUT2D eigenvalue weighted by atomic mass is 10.1. The van der Waals surface area contributed by atoms with Crippen molar-refractivity contribution in [3.05, 3.63) is 54.0 Å². The SMILES string of the molecule is COCCOc1ncccc1-c1noc([C@H]2CCCN2Cc2ccc(OC)cc2)n1. The Balaban J connectivity index is 1.49. The number of nitrogens with zero attached hydrogens (tertiary/aromatic N) is 4. The van der Waals surface area contributed by atoms with Crippen molar-refractivity contribution in [2.75, 3.05) is 34.0 Å². The van der Waals surface area contributed by atoms with Gasteiger partial charge in [-0.3, -0.25) is 4.90 Å². The van der Waals surface area contributed by atoms with Crippen LogP contribution in [0, 0.1) is 0 Å². The fraction of sp³-hybridized carbons (Fsp3) is 0.409. The molecule has 0 spiro atoms. The van der Waals surface area contributed by atoms with Crippen molar-refractivity contribution < 1.29 is 18.7 Å². The molecule has 0 amide bonds. The summed E-state index contributed by atoms with van der Waals surface area (Å²) in [5, 5.41) is 4.20. The highest BCUT2D eigenvalue weighted by atomic mass is 16.5. The monoisotopic (exact) mass is 410 g/mol. The smallest absolute Gasteiger partial charge is 0.244 e. The van der Waals surface area contributed by atoms with Crippen molar-refractivity contribution in [2.24, 2.45) is 0 Å². The van der Waals surface area contributed by atoms with E-state index in [1.54, 1.807) is 20.4 Å². The molecule has 0 saturated carbocycles. The molecule has 1 aliphatic heterocycles. The highest BCUT2D eigenvalue weighted by molar-refractivity contribution is 5.60. The number of hydrogen-bond acceptors (Lipinski definition) is 8. The van der Waals surface area contributed by atoms with E-state index in [0.717, 1.165) is 31.7 Å². The molecule has 0 N–H and O–H groups in total. The Hall–Kier alpha value is -2.97. The highest BCUT2D eigenvalue weighted by Crippen LogP contribution is 2.34. The van der Waals surface area contributed by atoms with Gasteiger partial charge in [0.05, 0.1) is 25.3 Å². The van der Waals surface area contributed by atoms with Crippen molar-refractivity contribution in [1.82, 2.24) is 20.0 Å². The average molecular weight is 410 g/mol. The van der Waals surface area contributed by atoms with Crippen molar-refractivity contribution in [1.29, 1.82) is 0 Å². The van der Waals surface area contributed by atoms with Crippen LogP contribution in [0.15, 0.2) is 47.1 Å². The third-order valence-electron chi connectivity index (χ3n) is 5.17. The normalized spacial score (nSPS) is 16.7. The van der Waals surface area contributed by atoms with Gasteiger partial charge in [-0.2, -0.15) is 4.98 Å². The number of benzene rings is 1. The summed E-state index contributed by atoms with van der Waals surface area (Å²) in [5.41, 5.74) is 1.94. The zero-order valence-corrected chi connectivity index (χ0v) is 17.3. The number of methoxy groups -OCH3 is 2. The maximum absolute atomic E-state index is 5.71. The summed E-state index contributed by atoms with van der Waals surface area (Å²) in [5.74, 6) is 2.45. The Morgan fingerprint density at radius 2 is 2.00 bits per heavy atom. The summed E-state index contributed by atoms with van der Waals surface area (Å²) < 4.78 is 21.6. The first-order valence-corrected chi connectivity index (χ1v) is 10.1. The molecule has 3 aromatic rings. The van der Waals surface area contributed by atoms with Crippen LogP contribution in [-0.2, 0) is 11.3 Å². The molecule has 0 radical (unpaired) electrons. The van der Waals surface area contributed by atoms with E-state index in [2.05, 4.69) is 32.2 Å². The fourth-order valence-corrected chi connectivity index (χ4v) is 3.64. The van der Waals surface area contributed by atoms with Crippen LogP contribution in [0.3, 0.4) is 0 Å².